The molecule has 71 heavy (non-hydrogen) atoms. The van der Waals surface area contributed by atoms with Gasteiger partial charge < -0.3 is 62.1 Å². The van der Waals surface area contributed by atoms with Crippen molar-refractivity contribution in [2.75, 3.05) is 0 Å². The monoisotopic (exact) mass is 2120 g/mol. The fourth-order valence-electron chi connectivity index (χ4n) is 5.55. The summed E-state index contributed by atoms with van der Waals surface area (Å²) in [6, 6.07) is 22.2. The molecule has 0 radical (unpaired) electrons. The van der Waals surface area contributed by atoms with Crippen LogP contribution in [0.1, 0.15) is 34.5 Å². The maximum Gasteiger partial charge on any atom is 0.320 e. The summed E-state index contributed by atoms with van der Waals surface area (Å²) in [6.07, 6.45) is 0.788. The van der Waals surface area contributed by atoms with Crippen LogP contribution in [0.15, 0.2) is 84.9 Å². The molecule has 6 aromatic carbocycles. The molecular formula is C46H47I10N3O12. The molecule has 15 nitrogen and oxygen atoms in total. The van der Waals surface area contributed by atoms with Crippen molar-refractivity contribution in [2.45, 2.75) is 44.8 Å². The van der Waals surface area contributed by atoms with E-state index in [1.54, 1.807) is 54.6 Å². The fourth-order valence-corrected chi connectivity index (χ4v) is 14.4. The highest BCUT2D eigenvalue weighted by atomic mass is 127. The molecule has 0 heterocycles. The normalized spacial score (nSPS) is 12.2. The number of phenols is 3. The Bertz CT molecular complexity index is 2860. The predicted octanol–water partition coefficient (Wildman–Crippen LogP) is 14.1. The number of aliphatic carboxylic acids is 3. The van der Waals surface area contributed by atoms with Crippen LogP contribution in [0.3, 0.4) is 0 Å². The van der Waals surface area contributed by atoms with Crippen LogP contribution in [0.5, 0.6) is 51.7 Å². The van der Waals surface area contributed by atoms with Gasteiger partial charge in [0.2, 0.25) is 0 Å². The number of carbonyl (C=O) groups is 3. The number of benzene rings is 6. The molecule has 3 unspecified atom stereocenters. The minimum atomic E-state index is -1.02. The van der Waals surface area contributed by atoms with Crippen LogP contribution >= 0.6 is 226 Å². The topological polar surface area (TPSA) is 278 Å². The van der Waals surface area contributed by atoms with Gasteiger partial charge in [0.05, 0.1) is 35.7 Å². The maximum atomic E-state index is 10.9. The molecule has 0 saturated heterocycles. The highest BCUT2D eigenvalue weighted by molar-refractivity contribution is 14.1. The van der Waals surface area contributed by atoms with Crippen molar-refractivity contribution in [2.24, 2.45) is 17.2 Å². The fraction of sp³-hybridized carbons (Fsp3) is 0.152. The van der Waals surface area contributed by atoms with Crippen LogP contribution in [0.4, 0.5) is 0 Å². The summed E-state index contributed by atoms with van der Waals surface area (Å²) in [5.74, 6) is 1.57. The summed E-state index contributed by atoms with van der Waals surface area (Å²) >= 11 is 21.0. The number of carboxylic acid groups (broad SMARTS) is 3. The second kappa shape index (κ2) is 30.6. The number of nitrogens with two attached hydrogens (primary N) is 3. The third-order valence-corrected chi connectivity index (χ3v) is 17.2. The largest absolute Gasteiger partial charge is 0.507 e. The van der Waals surface area contributed by atoms with Crippen LogP contribution in [-0.2, 0) is 33.6 Å². The van der Waals surface area contributed by atoms with Crippen molar-refractivity contribution in [1.29, 1.82) is 0 Å². The molecule has 12 N–H and O–H groups in total. The Morgan fingerprint density at radius 1 is 0.437 bits per heavy atom. The molecule has 0 amide bonds. The Morgan fingerprint density at radius 3 is 1.11 bits per heavy atom. The summed E-state index contributed by atoms with van der Waals surface area (Å²) in [7, 11) is 0. The average Bonchev–Trinajstić information content (AvgIpc) is 3.36. The number of hydrogen-bond acceptors (Lipinski definition) is 12. The molecule has 0 aromatic heterocycles. The van der Waals surface area contributed by atoms with Gasteiger partial charge in [-0.05, 0) is 341 Å². The molecule has 25 heteroatoms. The quantitative estimate of drug-likeness (QED) is 0.0432. The number of carboxylic acids is 3. The molecule has 0 aliphatic heterocycles. The third kappa shape index (κ3) is 20.2. The molecule has 388 valence electrons. The van der Waals surface area contributed by atoms with Crippen LogP contribution in [0.25, 0.3) is 0 Å². The lowest BCUT2D eigenvalue weighted by Gasteiger charge is -2.14. The standard InChI is InChI=1S/C15H11I4NO4.2C15H12I3NO4.CH4.4H2/c16-8-4-7(5-9(17)13(8)21)24-14-10(18)1-6(2-11(14)19)3-12(20)15(22)23;16-9-6-8(1-2-13(9)20)23-14-10(17)3-7(4-11(14)18)5-12(19)15(21)22;16-9-3-7(4-12(19)15(21)22)1-2-13(9)23-8-5-10(17)14(20)11(18)6-8;;;;;/h1-2,4-5,12,21H,3,20H2,(H,22,23);1-4,6,12,20H,5,19H2,(H,21,22);1-3,5-6,12,20H,4,19H2,(H,21,22);1H4;4*1H/i;;;;3*1+2T;1+2. The van der Waals surface area contributed by atoms with Gasteiger partial charge in [0.15, 0.2) is 11.5 Å². The first kappa shape index (κ1) is 59.9. The van der Waals surface area contributed by atoms with Gasteiger partial charge in [-0.1, -0.05) is 13.5 Å². The van der Waals surface area contributed by atoms with Crippen molar-refractivity contribution < 1.29 is 69.6 Å². The Hall–Kier alpha value is -0.290. The lowest BCUT2D eigenvalue weighted by atomic mass is 10.1. The maximum absolute atomic E-state index is 10.9. The SMILES string of the molecule is C.NC(Cc1cc(I)c(Oc2cc(I)c(O)c(I)c2)c(I)c1)C(=O)O.NC(Cc1cc(I)c(Oc2ccc(O)c(I)c2)c(I)c1)C(=O)O.NC(Cc1ccc(Oc2cc(I)c(O)c(I)c2)c(I)c1)C(=O)O.[3HH].[3H][3H].[3H][3H].[3H][3H]. The molecule has 6 aromatic rings. The summed E-state index contributed by atoms with van der Waals surface area (Å²) in [5.41, 5.74) is 19.3. The molecule has 0 spiro atoms. The second-order valence-electron chi connectivity index (χ2n) is 14.4. The van der Waals surface area contributed by atoms with Crippen LogP contribution in [-0.4, -0.2) is 66.7 Å². The number of ether oxygens (including phenoxy) is 3. The summed E-state index contributed by atoms with van der Waals surface area (Å²) < 4.78 is 55.6. The van der Waals surface area contributed by atoms with Gasteiger partial charge in [-0.15, -0.1) is 0 Å². The lowest BCUT2D eigenvalue weighted by Crippen LogP contribution is -2.32. The van der Waals surface area contributed by atoms with Gasteiger partial charge in [0.25, 0.3) is 0 Å². The van der Waals surface area contributed by atoms with Gasteiger partial charge in [0, 0.05) is 10.3 Å². The van der Waals surface area contributed by atoms with E-state index in [0.29, 0.717) is 52.3 Å². The lowest BCUT2D eigenvalue weighted by molar-refractivity contribution is -0.139. The van der Waals surface area contributed by atoms with Crippen LogP contribution < -0.4 is 31.4 Å². The van der Waals surface area contributed by atoms with Crippen molar-refractivity contribution in [1.82, 2.24) is 0 Å². The third-order valence-electron chi connectivity index (χ3n) is 9.00. The molecule has 0 saturated carbocycles. The second-order valence-corrected chi connectivity index (χ2v) is 26.0. The summed E-state index contributed by atoms with van der Waals surface area (Å²) in [4.78, 5) is 32.6. The Balaban J connectivity index is 0. The minimum Gasteiger partial charge on any atom is -0.507 e. The number of aromatic hydroxyl groups is 3. The Kier molecular flexibility index (Phi) is 25.8. The Morgan fingerprint density at radius 2 is 0.761 bits per heavy atom. The van der Waals surface area contributed by atoms with Gasteiger partial charge in [-0.2, -0.15) is 0 Å². The molecule has 0 bridgehead atoms. The molecule has 3 atom stereocenters. The van der Waals surface area contributed by atoms with E-state index in [0.717, 1.165) is 34.5 Å². The molecule has 6 rings (SSSR count). The van der Waals surface area contributed by atoms with Crippen molar-refractivity contribution in [3.63, 3.8) is 0 Å². The van der Waals surface area contributed by atoms with E-state index in [1.807, 2.05) is 98.1 Å². The zero-order valence-corrected chi connectivity index (χ0v) is 56.7. The van der Waals surface area contributed by atoms with E-state index in [1.165, 1.54) is 0 Å². The van der Waals surface area contributed by atoms with Gasteiger partial charge in [-0.3, -0.25) is 14.4 Å². The highest BCUT2D eigenvalue weighted by Crippen LogP contribution is 2.39. The molecule has 0 fully saturated rings. The van der Waals surface area contributed by atoms with E-state index in [-0.39, 0.29) is 45.4 Å². The van der Waals surface area contributed by atoms with Crippen molar-refractivity contribution in [3.05, 3.63) is 137 Å². The number of hydrogen-bond donors (Lipinski definition) is 9. The van der Waals surface area contributed by atoms with Gasteiger partial charge in [0.1, 0.15) is 58.4 Å². The molecule has 0 aliphatic carbocycles. The number of halogens is 10. The molecular weight excluding hydrogens is 2060 g/mol. The van der Waals surface area contributed by atoms with Crippen molar-refractivity contribution in [3.8, 4) is 51.7 Å². The zero-order chi connectivity index (χ0) is 58.3. The van der Waals surface area contributed by atoms with E-state index in [2.05, 4.69) is 158 Å². The number of phenolic OH excluding ortho intramolecular Hbond substituents is 3. The average molecular weight is 2120 g/mol. The minimum absolute atomic E-state index is 0. The van der Waals surface area contributed by atoms with Gasteiger partial charge >= 0.3 is 17.9 Å². The Labute approximate surface area is 555 Å². The van der Waals surface area contributed by atoms with Crippen LogP contribution in [0, 0.1) is 35.7 Å². The highest BCUT2D eigenvalue weighted by Gasteiger charge is 2.19. The first-order valence-electron chi connectivity index (χ1n) is 22.3. The van der Waals surface area contributed by atoms with E-state index >= 15 is 0 Å². The molecule has 0 aliphatic rings. The number of rotatable bonds is 15. The first-order chi connectivity index (χ1) is 35.7. The summed E-state index contributed by atoms with van der Waals surface area (Å²) in [6.45, 7) is 0. The zero-order valence-electron chi connectivity index (χ0n) is 41.1. The smallest absolute Gasteiger partial charge is 0.320 e. The van der Waals surface area contributed by atoms with E-state index in [4.69, 9.17) is 55.6 Å². The van der Waals surface area contributed by atoms with Crippen LogP contribution in [0.2, 0.25) is 0 Å². The van der Waals surface area contributed by atoms with E-state index in [9.17, 15) is 29.7 Å². The van der Waals surface area contributed by atoms with E-state index < -0.39 is 36.0 Å². The summed E-state index contributed by atoms with van der Waals surface area (Å²) in [5, 5.41) is 55.9. The predicted molar refractivity (Wildman–Crippen MR) is 364 cm³/mol. The van der Waals surface area contributed by atoms with Gasteiger partial charge in [-0.25, -0.2) is 0 Å². The first-order valence-corrected chi connectivity index (χ1v) is 30.1. The van der Waals surface area contributed by atoms with Crippen molar-refractivity contribution >= 4 is 244 Å².